The lowest BCUT2D eigenvalue weighted by molar-refractivity contribution is -0.130. The van der Waals surface area contributed by atoms with Gasteiger partial charge < -0.3 is 11.1 Å². The first-order chi connectivity index (χ1) is 8.93. The molecular formula is C14H18ClFN2O. The molecule has 0 saturated heterocycles. The molecule has 1 fully saturated rings. The molecule has 1 aliphatic rings. The standard InChI is InChI=1S/C14H18ClFN2O/c1-14(6-2-3-12(14)17)13(19)18-8-9-4-5-11(16)10(15)7-9/h4-5,7,12H,2-3,6,8,17H2,1H3,(H,18,19). The summed E-state index contributed by atoms with van der Waals surface area (Å²) in [5.41, 5.74) is 6.27. The quantitative estimate of drug-likeness (QED) is 0.896. The van der Waals surface area contributed by atoms with Gasteiger partial charge in [-0.05, 0) is 37.5 Å². The van der Waals surface area contributed by atoms with Gasteiger partial charge in [-0.15, -0.1) is 0 Å². The molecule has 0 aromatic heterocycles. The van der Waals surface area contributed by atoms with E-state index in [0.717, 1.165) is 24.8 Å². The molecule has 0 radical (unpaired) electrons. The van der Waals surface area contributed by atoms with Crippen molar-refractivity contribution < 1.29 is 9.18 Å². The van der Waals surface area contributed by atoms with Crippen molar-refractivity contribution in [3.8, 4) is 0 Å². The van der Waals surface area contributed by atoms with Gasteiger partial charge in [0.05, 0.1) is 10.4 Å². The van der Waals surface area contributed by atoms with Crippen molar-refractivity contribution >= 4 is 17.5 Å². The van der Waals surface area contributed by atoms with Gasteiger partial charge in [0.15, 0.2) is 0 Å². The van der Waals surface area contributed by atoms with E-state index >= 15 is 0 Å². The fourth-order valence-electron chi connectivity index (χ4n) is 2.51. The highest BCUT2D eigenvalue weighted by Gasteiger charge is 2.42. The van der Waals surface area contributed by atoms with Gasteiger partial charge in [0.1, 0.15) is 5.82 Å². The first kappa shape index (κ1) is 14.3. The summed E-state index contributed by atoms with van der Waals surface area (Å²) in [6.45, 7) is 2.23. The van der Waals surface area contributed by atoms with E-state index in [-0.39, 0.29) is 17.0 Å². The Bertz CT molecular complexity index is 494. The lowest BCUT2D eigenvalue weighted by atomic mass is 9.84. The van der Waals surface area contributed by atoms with Gasteiger partial charge in [-0.2, -0.15) is 0 Å². The molecule has 3 nitrogen and oxygen atoms in total. The number of nitrogens with two attached hydrogens (primary N) is 1. The van der Waals surface area contributed by atoms with Gasteiger partial charge in [-0.1, -0.05) is 24.1 Å². The molecule has 1 amide bonds. The zero-order valence-corrected chi connectivity index (χ0v) is 11.6. The van der Waals surface area contributed by atoms with E-state index in [2.05, 4.69) is 5.32 Å². The Hall–Kier alpha value is -1.13. The molecule has 1 aliphatic carbocycles. The normalized spacial score (nSPS) is 26.4. The molecule has 2 unspecified atom stereocenters. The van der Waals surface area contributed by atoms with Gasteiger partial charge >= 0.3 is 0 Å². The first-order valence-electron chi connectivity index (χ1n) is 6.41. The predicted octanol–water partition coefficient (Wildman–Crippen LogP) is 2.61. The highest BCUT2D eigenvalue weighted by atomic mass is 35.5. The number of rotatable bonds is 3. The van der Waals surface area contributed by atoms with E-state index in [9.17, 15) is 9.18 Å². The summed E-state index contributed by atoms with van der Waals surface area (Å²) in [5.74, 6) is -0.500. The molecule has 1 aromatic carbocycles. The first-order valence-corrected chi connectivity index (χ1v) is 6.79. The third-order valence-electron chi connectivity index (χ3n) is 3.99. The van der Waals surface area contributed by atoms with Crippen LogP contribution in [0.3, 0.4) is 0 Å². The van der Waals surface area contributed by atoms with Gasteiger partial charge in [0.25, 0.3) is 0 Å². The van der Waals surface area contributed by atoms with Crippen molar-refractivity contribution in [3.63, 3.8) is 0 Å². The van der Waals surface area contributed by atoms with Crippen LogP contribution in [0, 0.1) is 11.2 Å². The molecule has 19 heavy (non-hydrogen) atoms. The van der Waals surface area contributed by atoms with Crippen LogP contribution >= 0.6 is 11.6 Å². The molecule has 2 atom stereocenters. The van der Waals surface area contributed by atoms with Gasteiger partial charge in [-0.25, -0.2) is 4.39 Å². The largest absolute Gasteiger partial charge is 0.352 e. The number of nitrogens with one attached hydrogen (secondary N) is 1. The minimum Gasteiger partial charge on any atom is -0.352 e. The zero-order chi connectivity index (χ0) is 14.0. The molecule has 0 bridgehead atoms. The summed E-state index contributed by atoms with van der Waals surface area (Å²) >= 11 is 5.70. The summed E-state index contributed by atoms with van der Waals surface area (Å²) in [7, 11) is 0. The minimum atomic E-state index is -0.496. The minimum absolute atomic E-state index is 0.0436. The fourth-order valence-corrected chi connectivity index (χ4v) is 2.71. The van der Waals surface area contributed by atoms with Crippen molar-refractivity contribution in [3.05, 3.63) is 34.6 Å². The van der Waals surface area contributed by atoms with Crippen LogP contribution < -0.4 is 11.1 Å². The number of amides is 1. The Kier molecular flexibility index (Phi) is 4.11. The van der Waals surface area contributed by atoms with Crippen molar-refractivity contribution in [2.75, 3.05) is 0 Å². The SMILES string of the molecule is CC1(C(=O)NCc2ccc(F)c(Cl)c2)CCCC1N. The second-order valence-corrected chi connectivity index (χ2v) is 5.75. The van der Waals surface area contributed by atoms with E-state index in [0.29, 0.717) is 6.54 Å². The number of hydrogen-bond donors (Lipinski definition) is 2. The number of halogens is 2. The van der Waals surface area contributed by atoms with Crippen molar-refractivity contribution in [2.45, 2.75) is 38.8 Å². The maximum Gasteiger partial charge on any atom is 0.227 e. The van der Waals surface area contributed by atoms with Crippen LogP contribution in [0.4, 0.5) is 4.39 Å². The Morgan fingerprint density at radius 1 is 1.63 bits per heavy atom. The summed E-state index contributed by atoms with van der Waals surface area (Å²) in [6, 6.07) is 4.34. The van der Waals surface area contributed by atoms with Crippen molar-refractivity contribution in [1.82, 2.24) is 5.32 Å². The summed E-state index contributed by atoms with van der Waals surface area (Å²) < 4.78 is 13.0. The van der Waals surface area contributed by atoms with Crippen LogP contribution in [-0.2, 0) is 11.3 Å². The fraction of sp³-hybridized carbons (Fsp3) is 0.500. The molecule has 0 spiro atoms. The van der Waals surface area contributed by atoms with Crippen molar-refractivity contribution in [1.29, 1.82) is 0 Å². The monoisotopic (exact) mass is 284 g/mol. The molecule has 1 aromatic rings. The van der Waals surface area contributed by atoms with Crippen molar-refractivity contribution in [2.24, 2.45) is 11.1 Å². The smallest absolute Gasteiger partial charge is 0.227 e. The van der Waals surface area contributed by atoms with Crippen LogP contribution in [0.1, 0.15) is 31.7 Å². The third kappa shape index (κ3) is 2.90. The second kappa shape index (κ2) is 5.47. The summed E-state index contributed by atoms with van der Waals surface area (Å²) in [5, 5.41) is 2.92. The topological polar surface area (TPSA) is 55.1 Å². The number of carbonyl (C=O) groups is 1. The lowest BCUT2D eigenvalue weighted by Crippen LogP contribution is -2.47. The van der Waals surface area contributed by atoms with Crippen LogP contribution in [0.15, 0.2) is 18.2 Å². The van der Waals surface area contributed by atoms with Gasteiger partial charge in [0.2, 0.25) is 5.91 Å². The molecule has 0 aliphatic heterocycles. The molecule has 104 valence electrons. The molecule has 5 heteroatoms. The molecule has 2 rings (SSSR count). The summed E-state index contributed by atoms with van der Waals surface area (Å²) in [4.78, 5) is 12.2. The highest BCUT2D eigenvalue weighted by molar-refractivity contribution is 6.30. The number of benzene rings is 1. The van der Waals surface area contributed by atoms with E-state index in [1.54, 1.807) is 6.07 Å². The number of carbonyl (C=O) groups excluding carboxylic acids is 1. The van der Waals surface area contributed by atoms with E-state index in [4.69, 9.17) is 17.3 Å². The van der Waals surface area contributed by atoms with Gasteiger partial charge in [0, 0.05) is 12.6 Å². The zero-order valence-electron chi connectivity index (χ0n) is 10.9. The van der Waals surface area contributed by atoms with Gasteiger partial charge in [-0.3, -0.25) is 4.79 Å². The lowest BCUT2D eigenvalue weighted by Gasteiger charge is -2.27. The molecular weight excluding hydrogens is 267 g/mol. The Morgan fingerprint density at radius 2 is 2.37 bits per heavy atom. The number of hydrogen-bond acceptors (Lipinski definition) is 2. The van der Waals surface area contributed by atoms with E-state index < -0.39 is 11.2 Å². The van der Waals surface area contributed by atoms with E-state index in [1.807, 2.05) is 6.92 Å². The Morgan fingerprint density at radius 3 is 2.95 bits per heavy atom. The molecule has 0 heterocycles. The third-order valence-corrected chi connectivity index (χ3v) is 4.28. The van der Waals surface area contributed by atoms with Crippen LogP contribution in [0.5, 0.6) is 0 Å². The maximum atomic E-state index is 13.0. The van der Waals surface area contributed by atoms with Crippen LogP contribution in [0.25, 0.3) is 0 Å². The molecule has 1 saturated carbocycles. The highest BCUT2D eigenvalue weighted by Crippen LogP contribution is 2.36. The second-order valence-electron chi connectivity index (χ2n) is 5.35. The molecule has 3 N–H and O–H groups in total. The Balaban J connectivity index is 1.98. The van der Waals surface area contributed by atoms with Crippen LogP contribution in [-0.4, -0.2) is 11.9 Å². The predicted molar refractivity (Wildman–Crippen MR) is 73.2 cm³/mol. The Labute approximate surface area is 117 Å². The van der Waals surface area contributed by atoms with Crippen LogP contribution in [0.2, 0.25) is 5.02 Å². The average molecular weight is 285 g/mol. The maximum absolute atomic E-state index is 13.0. The summed E-state index contributed by atoms with van der Waals surface area (Å²) in [6.07, 6.45) is 2.67. The average Bonchev–Trinajstić information content (AvgIpc) is 2.72. The van der Waals surface area contributed by atoms with E-state index in [1.165, 1.54) is 12.1 Å².